The minimum Gasteiger partial charge on any atom is -0.252 e. The minimum absolute atomic E-state index is 1.05. The molecule has 3 aromatic rings. The molecule has 2 aromatic carbocycles. The van der Waals surface area contributed by atoms with Crippen LogP contribution in [0.25, 0.3) is 21.7 Å². The Balaban J connectivity index is 2.44. The van der Waals surface area contributed by atoms with E-state index in [0.717, 1.165) is 18.4 Å². The number of nitrogens with zero attached hydrogens (tertiary/aromatic N) is 1. The maximum atomic E-state index is 4.85. The number of benzene rings is 2. The molecule has 0 saturated carbocycles. The molecule has 18 heavy (non-hydrogen) atoms. The van der Waals surface area contributed by atoms with E-state index >= 15 is 0 Å². The quantitative estimate of drug-likeness (QED) is 0.589. The molecule has 0 spiro atoms. The lowest BCUT2D eigenvalue weighted by atomic mass is 10.0. The van der Waals surface area contributed by atoms with Crippen LogP contribution in [-0.4, -0.2) is 4.98 Å². The smallest absolute Gasteiger partial charge is 0.0714 e. The molecule has 0 fully saturated rings. The monoisotopic (exact) mass is 235 g/mol. The van der Waals surface area contributed by atoms with Crippen molar-refractivity contribution in [1.29, 1.82) is 0 Å². The molecule has 1 nitrogen and oxygen atoms in total. The standard InChI is InChI=1S/C17H17N/c1-3-6-16-14-8-5-4-7-13(14)15-10-9-12(2)11-17(15)18-16/h4-5,7-11H,3,6H2,1-2H3. The molecule has 0 aliphatic rings. The molecule has 1 heteroatoms. The van der Waals surface area contributed by atoms with E-state index in [1.807, 2.05) is 0 Å². The Morgan fingerprint density at radius 1 is 0.944 bits per heavy atom. The van der Waals surface area contributed by atoms with Crippen molar-refractivity contribution < 1.29 is 0 Å². The highest BCUT2D eigenvalue weighted by Gasteiger charge is 2.07. The number of fused-ring (bicyclic) bond motifs is 3. The van der Waals surface area contributed by atoms with E-state index in [-0.39, 0.29) is 0 Å². The fourth-order valence-corrected chi connectivity index (χ4v) is 2.56. The fraction of sp³-hybridized carbons (Fsp3) is 0.235. The van der Waals surface area contributed by atoms with Gasteiger partial charge in [0.25, 0.3) is 0 Å². The third-order valence-electron chi connectivity index (χ3n) is 3.42. The lowest BCUT2D eigenvalue weighted by Gasteiger charge is -2.09. The van der Waals surface area contributed by atoms with E-state index in [9.17, 15) is 0 Å². The zero-order valence-corrected chi connectivity index (χ0v) is 10.9. The van der Waals surface area contributed by atoms with Gasteiger partial charge in [-0.15, -0.1) is 0 Å². The number of rotatable bonds is 2. The maximum Gasteiger partial charge on any atom is 0.0714 e. The van der Waals surface area contributed by atoms with Crippen molar-refractivity contribution in [2.45, 2.75) is 26.7 Å². The van der Waals surface area contributed by atoms with Gasteiger partial charge in [-0.05, 0) is 30.4 Å². The summed E-state index contributed by atoms with van der Waals surface area (Å²) in [4.78, 5) is 4.85. The van der Waals surface area contributed by atoms with Crippen LogP contribution >= 0.6 is 0 Å². The van der Waals surface area contributed by atoms with Gasteiger partial charge in [0.15, 0.2) is 0 Å². The molecule has 90 valence electrons. The number of aryl methyl sites for hydroxylation is 2. The van der Waals surface area contributed by atoms with Crippen LogP contribution in [0.3, 0.4) is 0 Å². The molecule has 0 unspecified atom stereocenters. The lowest BCUT2D eigenvalue weighted by Crippen LogP contribution is -1.93. The Morgan fingerprint density at radius 2 is 1.72 bits per heavy atom. The zero-order valence-electron chi connectivity index (χ0n) is 10.9. The molecule has 0 aliphatic heterocycles. The normalized spacial score (nSPS) is 11.2. The first-order valence-corrected chi connectivity index (χ1v) is 6.57. The van der Waals surface area contributed by atoms with Gasteiger partial charge in [0.1, 0.15) is 0 Å². The molecule has 0 amide bonds. The Labute approximate surface area is 107 Å². The van der Waals surface area contributed by atoms with Crippen LogP contribution in [0.4, 0.5) is 0 Å². The molecule has 1 aromatic heterocycles. The molecule has 0 aliphatic carbocycles. The first kappa shape index (κ1) is 11.2. The van der Waals surface area contributed by atoms with Crippen LogP contribution in [0, 0.1) is 6.92 Å². The third-order valence-corrected chi connectivity index (χ3v) is 3.42. The predicted molar refractivity (Wildman–Crippen MR) is 78.0 cm³/mol. The molecule has 0 saturated heterocycles. The molecule has 0 bridgehead atoms. The Bertz CT molecular complexity index is 713. The van der Waals surface area contributed by atoms with Crippen LogP contribution in [-0.2, 0) is 6.42 Å². The van der Waals surface area contributed by atoms with Crippen LogP contribution in [0.1, 0.15) is 24.6 Å². The maximum absolute atomic E-state index is 4.85. The summed E-state index contributed by atoms with van der Waals surface area (Å²) in [7, 11) is 0. The highest BCUT2D eigenvalue weighted by molar-refractivity contribution is 6.06. The third kappa shape index (κ3) is 1.76. The van der Waals surface area contributed by atoms with E-state index in [2.05, 4.69) is 56.3 Å². The van der Waals surface area contributed by atoms with Crippen LogP contribution in [0.5, 0.6) is 0 Å². The Hall–Kier alpha value is -1.89. The molecular formula is C17H17N. The summed E-state index contributed by atoms with van der Waals surface area (Å²) < 4.78 is 0. The van der Waals surface area contributed by atoms with Crippen LogP contribution in [0.2, 0.25) is 0 Å². The number of hydrogen-bond acceptors (Lipinski definition) is 1. The van der Waals surface area contributed by atoms with Crippen molar-refractivity contribution in [3.05, 3.63) is 53.7 Å². The summed E-state index contributed by atoms with van der Waals surface area (Å²) in [6.45, 7) is 4.33. The molecule has 0 atom stereocenters. The van der Waals surface area contributed by atoms with Gasteiger partial charge in [-0.3, -0.25) is 4.98 Å². The summed E-state index contributed by atoms with van der Waals surface area (Å²) in [5.74, 6) is 0. The average Bonchev–Trinajstić information content (AvgIpc) is 2.39. The van der Waals surface area contributed by atoms with E-state index in [1.165, 1.54) is 27.4 Å². The molecule has 0 radical (unpaired) electrons. The van der Waals surface area contributed by atoms with Gasteiger partial charge in [0.05, 0.1) is 5.52 Å². The highest BCUT2D eigenvalue weighted by atomic mass is 14.7. The van der Waals surface area contributed by atoms with E-state index < -0.39 is 0 Å². The van der Waals surface area contributed by atoms with Crippen molar-refractivity contribution in [3.8, 4) is 0 Å². The average molecular weight is 235 g/mol. The summed E-state index contributed by atoms with van der Waals surface area (Å²) in [6, 6.07) is 15.1. The Morgan fingerprint density at radius 3 is 2.50 bits per heavy atom. The van der Waals surface area contributed by atoms with E-state index in [1.54, 1.807) is 0 Å². The van der Waals surface area contributed by atoms with Crippen molar-refractivity contribution >= 4 is 21.7 Å². The summed E-state index contributed by atoms with van der Waals surface area (Å²) in [5.41, 5.74) is 3.62. The second kappa shape index (κ2) is 4.41. The van der Waals surface area contributed by atoms with Gasteiger partial charge in [-0.2, -0.15) is 0 Å². The minimum atomic E-state index is 1.05. The second-order valence-electron chi connectivity index (χ2n) is 4.87. The summed E-state index contributed by atoms with van der Waals surface area (Å²) in [5, 5.41) is 3.89. The number of hydrogen-bond donors (Lipinski definition) is 0. The highest BCUT2D eigenvalue weighted by Crippen LogP contribution is 2.27. The van der Waals surface area contributed by atoms with Gasteiger partial charge in [-0.1, -0.05) is 49.7 Å². The van der Waals surface area contributed by atoms with Gasteiger partial charge in [0.2, 0.25) is 0 Å². The predicted octanol–water partition coefficient (Wildman–Crippen LogP) is 4.65. The lowest BCUT2D eigenvalue weighted by molar-refractivity contribution is 0.899. The first-order valence-electron chi connectivity index (χ1n) is 6.57. The van der Waals surface area contributed by atoms with Gasteiger partial charge < -0.3 is 0 Å². The number of aromatic nitrogens is 1. The SMILES string of the molecule is CCCc1nc2cc(C)ccc2c2ccccc12. The van der Waals surface area contributed by atoms with E-state index in [0.29, 0.717) is 0 Å². The second-order valence-corrected chi connectivity index (χ2v) is 4.87. The Kier molecular flexibility index (Phi) is 2.75. The molecular weight excluding hydrogens is 218 g/mol. The van der Waals surface area contributed by atoms with Gasteiger partial charge >= 0.3 is 0 Å². The fourth-order valence-electron chi connectivity index (χ4n) is 2.56. The van der Waals surface area contributed by atoms with Crippen LogP contribution < -0.4 is 0 Å². The van der Waals surface area contributed by atoms with Crippen molar-refractivity contribution in [1.82, 2.24) is 4.98 Å². The van der Waals surface area contributed by atoms with Gasteiger partial charge in [-0.25, -0.2) is 0 Å². The molecule has 3 rings (SSSR count). The zero-order chi connectivity index (χ0) is 12.5. The van der Waals surface area contributed by atoms with Crippen molar-refractivity contribution in [3.63, 3.8) is 0 Å². The summed E-state index contributed by atoms with van der Waals surface area (Å²) in [6.07, 6.45) is 2.18. The van der Waals surface area contributed by atoms with E-state index in [4.69, 9.17) is 4.98 Å². The topological polar surface area (TPSA) is 12.9 Å². The van der Waals surface area contributed by atoms with Gasteiger partial charge in [0, 0.05) is 16.5 Å². The summed E-state index contributed by atoms with van der Waals surface area (Å²) >= 11 is 0. The van der Waals surface area contributed by atoms with Crippen molar-refractivity contribution in [2.75, 3.05) is 0 Å². The molecule has 0 N–H and O–H groups in total. The molecule has 1 heterocycles. The van der Waals surface area contributed by atoms with Crippen molar-refractivity contribution in [2.24, 2.45) is 0 Å². The first-order chi connectivity index (χ1) is 8.79. The number of pyridine rings is 1. The van der Waals surface area contributed by atoms with Crippen LogP contribution in [0.15, 0.2) is 42.5 Å². The largest absolute Gasteiger partial charge is 0.252 e.